The lowest BCUT2D eigenvalue weighted by Crippen LogP contribution is -2.37. The average molecular weight is 280 g/mol. The number of allylic oxidation sites excluding steroid dienone is 1. The second-order valence-corrected chi connectivity index (χ2v) is 3.96. The molecule has 0 aromatic rings. The first-order valence-corrected chi connectivity index (χ1v) is 6.19. The van der Waals surface area contributed by atoms with E-state index in [0.29, 0.717) is 0 Å². The molecule has 6 nitrogen and oxygen atoms in total. The first kappa shape index (κ1) is 23.2. The Morgan fingerprint density at radius 2 is 1.37 bits per heavy atom. The van der Waals surface area contributed by atoms with Crippen LogP contribution in [0.15, 0.2) is 12.7 Å². The summed E-state index contributed by atoms with van der Waals surface area (Å²) in [5.41, 5.74) is -1.11. The van der Waals surface area contributed by atoms with Crippen molar-refractivity contribution in [2.45, 2.75) is 33.1 Å². The summed E-state index contributed by atoms with van der Waals surface area (Å²) in [6.45, 7) is 5.67. The van der Waals surface area contributed by atoms with E-state index in [0.717, 1.165) is 6.42 Å². The van der Waals surface area contributed by atoms with E-state index in [1.807, 2.05) is 6.08 Å². The van der Waals surface area contributed by atoms with Crippen molar-refractivity contribution in [2.75, 3.05) is 26.4 Å². The molecule has 0 heterocycles. The molecular weight excluding hydrogens is 252 g/mol. The summed E-state index contributed by atoms with van der Waals surface area (Å²) in [5, 5.41) is 41.7. The Morgan fingerprint density at radius 3 is 1.37 bits per heavy atom. The first-order valence-electron chi connectivity index (χ1n) is 6.19. The zero-order valence-electron chi connectivity index (χ0n) is 11.9. The fraction of sp³-hybridized carbons (Fsp3) is 0.769. The first-order chi connectivity index (χ1) is 8.93. The summed E-state index contributed by atoms with van der Waals surface area (Å²) in [7, 11) is 0. The van der Waals surface area contributed by atoms with Gasteiger partial charge in [0, 0.05) is 6.42 Å². The molecule has 6 heteroatoms. The van der Waals surface area contributed by atoms with Crippen molar-refractivity contribution < 1.29 is 30.3 Å². The molecule has 0 saturated heterocycles. The molecule has 0 aromatic heterocycles. The van der Waals surface area contributed by atoms with Gasteiger partial charge in [0.15, 0.2) is 0 Å². The van der Waals surface area contributed by atoms with E-state index < -0.39 is 37.8 Å². The molecule has 19 heavy (non-hydrogen) atoms. The van der Waals surface area contributed by atoms with Gasteiger partial charge in [-0.25, -0.2) is 0 Å². The van der Waals surface area contributed by atoms with Gasteiger partial charge in [-0.15, -0.1) is 6.58 Å². The number of carboxylic acids is 1. The molecule has 0 unspecified atom stereocenters. The highest BCUT2D eigenvalue weighted by Crippen LogP contribution is 2.11. The minimum Gasteiger partial charge on any atom is -0.481 e. The van der Waals surface area contributed by atoms with E-state index in [-0.39, 0.29) is 6.42 Å². The number of carboxylic acid groups (broad SMARTS) is 1. The number of unbranched alkanes of at least 4 members (excludes halogenated alkanes) is 1. The molecule has 0 fully saturated rings. The number of rotatable bonds is 7. The topological polar surface area (TPSA) is 118 Å². The lowest BCUT2D eigenvalue weighted by Gasteiger charge is -2.23. The summed E-state index contributed by atoms with van der Waals surface area (Å²) in [4.78, 5) is 9.37. The highest BCUT2D eigenvalue weighted by Gasteiger charge is 2.26. The predicted octanol–water partition coefficient (Wildman–Crippen LogP) is 0.396. The molecular formula is C13H28O6. The lowest BCUT2D eigenvalue weighted by molar-refractivity contribution is -0.136. The van der Waals surface area contributed by atoms with Crippen LogP contribution in [-0.4, -0.2) is 57.9 Å². The second kappa shape index (κ2) is 17.1. The van der Waals surface area contributed by atoms with Crippen molar-refractivity contribution in [1.29, 1.82) is 0 Å². The molecule has 0 amide bonds. The van der Waals surface area contributed by atoms with Crippen molar-refractivity contribution in [3.8, 4) is 0 Å². The normalized spacial score (nSPS) is 9.58. The van der Waals surface area contributed by atoms with Crippen molar-refractivity contribution in [1.82, 2.24) is 0 Å². The minimum absolute atomic E-state index is 0.222. The van der Waals surface area contributed by atoms with Gasteiger partial charge in [-0.2, -0.15) is 0 Å². The summed E-state index contributed by atoms with van der Waals surface area (Å²) in [6, 6.07) is 0. The maximum Gasteiger partial charge on any atom is 0.303 e. The third-order valence-corrected chi connectivity index (χ3v) is 2.14. The number of aliphatic hydroxyl groups is 4. The lowest BCUT2D eigenvalue weighted by atomic mass is 9.93. The van der Waals surface area contributed by atoms with Crippen LogP contribution in [0.4, 0.5) is 0 Å². The third kappa shape index (κ3) is 17.1. The fourth-order valence-corrected chi connectivity index (χ4v) is 0.504. The van der Waals surface area contributed by atoms with Crippen molar-refractivity contribution in [2.24, 2.45) is 5.41 Å². The van der Waals surface area contributed by atoms with Crippen LogP contribution in [0.2, 0.25) is 0 Å². The molecule has 0 aliphatic rings. The zero-order valence-corrected chi connectivity index (χ0v) is 11.9. The van der Waals surface area contributed by atoms with E-state index in [1.165, 1.54) is 6.42 Å². The summed E-state index contributed by atoms with van der Waals surface area (Å²) < 4.78 is 0. The number of aliphatic carboxylic acids is 1. The van der Waals surface area contributed by atoms with Gasteiger partial charge < -0.3 is 25.5 Å². The Bertz CT molecular complexity index is 184. The third-order valence-electron chi connectivity index (χ3n) is 2.14. The maximum atomic E-state index is 9.37. The largest absolute Gasteiger partial charge is 0.481 e. The fourth-order valence-electron chi connectivity index (χ4n) is 0.504. The van der Waals surface area contributed by atoms with Gasteiger partial charge in [-0.1, -0.05) is 26.3 Å². The van der Waals surface area contributed by atoms with Crippen LogP contribution in [0.1, 0.15) is 33.1 Å². The molecule has 0 spiro atoms. The van der Waals surface area contributed by atoms with Gasteiger partial charge in [0.25, 0.3) is 0 Å². The molecule has 0 saturated carbocycles. The molecule has 0 aliphatic heterocycles. The van der Waals surface area contributed by atoms with Crippen LogP contribution in [-0.2, 0) is 4.79 Å². The molecule has 0 atom stereocenters. The summed E-state index contributed by atoms with van der Waals surface area (Å²) in [5.74, 6) is -0.745. The number of carbonyl (C=O) groups is 1. The molecule has 5 N–H and O–H groups in total. The van der Waals surface area contributed by atoms with Crippen LogP contribution in [0, 0.1) is 5.41 Å². The van der Waals surface area contributed by atoms with Crippen molar-refractivity contribution in [3.63, 3.8) is 0 Å². The minimum atomic E-state index is -1.11. The van der Waals surface area contributed by atoms with Gasteiger partial charge in [0.05, 0.1) is 31.8 Å². The van der Waals surface area contributed by atoms with Crippen molar-refractivity contribution in [3.05, 3.63) is 12.7 Å². The highest BCUT2D eigenvalue weighted by atomic mass is 16.4. The van der Waals surface area contributed by atoms with E-state index in [2.05, 4.69) is 13.5 Å². The summed E-state index contributed by atoms with van der Waals surface area (Å²) >= 11 is 0. The van der Waals surface area contributed by atoms with Gasteiger partial charge in [0.1, 0.15) is 0 Å². The van der Waals surface area contributed by atoms with Crippen LogP contribution in [0.5, 0.6) is 0 Å². The monoisotopic (exact) mass is 280 g/mol. The molecule has 116 valence electrons. The Morgan fingerprint density at radius 1 is 1.05 bits per heavy atom. The smallest absolute Gasteiger partial charge is 0.303 e. The van der Waals surface area contributed by atoms with Gasteiger partial charge >= 0.3 is 5.97 Å². The van der Waals surface area contributed by atoms with E-state index in [4.69, 9.17) is 25.5 Å². The van der Waals surface area contributed by atoms with Crippen LogP contribution in [0.25, 0.3) is 0 Å². The molecule has 0 rings (SSSR count). The molecule has 0 aromatic carbocycles. The Kier molecular flexibility index (Phi) is 20.8. The number of hydrogen-bond acceptors (Lipinski definition) is 5. The number of hydrogen-bond donors (Lipinski definition) is 5. The Hall–Kier alpha value is -0.950. The van der Waals surface area contributed by atoms with Crippen LogP contribution in [0.3, 0.4) is 0 Å². The van der Waals surface area contributed by atoms with Gasteiger partial charge in [0.2, 0.25) is 0 Å². The molecule has 0 aliphatic carbocycles. The van der Waals surface area contributed by atoms with E-state index in [1.54, 1.807) is 6.92 Å². The number of aliphatic hydroxyl groups excluding tert-OH is 4. The zero-order chi connectivity index (χ0) is 15.7. The summed E-state index contributed by atoms with van der Waals surface area (Å²) in [6.07, 6.45) is 4.53. The Labute approximate surface area is 115 Å². The van der Waals surface area contributed by atoms with Gasteiger partial charge in [-0.05, 0) is 6.42 Å². The Balaban J connectivity index is -0.000000219. The predicted molar refractivity (Wildman–Crippen MR) is 73.8 cm³/mol. The second-order valence-electron chi connectivity index (χ2n) is 3.96. The highest BCUT2D eigenvalue weighted by molar-refractivity contribution is 5.66. The SMILES string of the molecule is C=CCCC.CCC(=O)O.OCC(CO)(CO)CO. The molecule has 0 radical (unpaired) electrons. The standard InChI is InChI=1S/C5H12O4.C5H10.C3H6O2/c6-1-5(2-7,3-8)4-9;1-3-5-4-2;1-2-3(4)5/h6-9H,1-4H2;3H,1,4-5H2,2H3;2H2,1H3,(H,4,5). The molecule has 0 bridgehead atoms. The maximum absolute atomic E-state index is 9.37. The van der Waals surface area contributed by atoms with E-state index in [9.17, 15) is 4.79 Å². The van der Waals surface area contributed by atoms with Crippen LogP contribution >= 0.6 is 0 Å². The van der Waals surface area contributed by atoms with Gasteiger partial charge in [-0.3, -0.25) is 4.79 Å². The van der Waals surface area contributed by atoms with Crippen molar-refractivity contribution >= 4 is 5.97 Å². The average Bonchev–Trinajstić information content (AvgIpc) is 2.44. The van der Waals surface area contributed by atoms with E-state index >= 15 is 0 Å². The van der Waals surface area contributed by atoms with Crippen LogP contribution < -0.4 is 0 Å². The quantitative estimate of drug-likeness (QED) is 0.431.